The fourth-order valence-electron chi connectivity index (χ4n) is 4.81. The van der Waals surface area contributed by atoms with Crippen molar-refractivity contribution < 1.29 is 22.7 Å². The van der Waals surface area contributed by atoms with Gasteiger partial charge in [-0.2, -0.15) is 4.31 Å². The van der Waals surface area contributed by atoms with Gasteiger partial charge in [-0.05, 0) is 56.1 Å². The molecule has 1 aromatic heterocycles. The van der Waals surface area contributed by atoms with Crippen LogP contribution in [0, 0.1) is 0 Å². The summed E-state index contributed by atoms with van der Waals surface area (Å²) in [6.07, 6.45) is 2.78. The second-order valence-corrected chi connectivity index (χ2v) is 12.2. The lowest BCUT2D eigenvalue weighted by Crippen LogP contribution is -2.40. The van der Waals surface area contributed by atoms with Crippen LogP contribution in [0.5, 0.6) is 0 Å². The number of ether oxygens (including phenoxy) is 1. The maximum Gasteiger partial charge on any atom is 0.257 e. The van der Waals surface area contributed by atoms with Crippen molar-refractivity contribution in [2.45, 2.75) is 30.7 Å². The summed E-state index contributed by atoms with van der Waals surface area (Å²) in [5.41, 5.74) is 2.01. The van der Waals surface area contributed by atoms with Gasteiger partial charge >= 0.3 is 0 Å². The number of likely N-dealkylation sites (tertiary alicyclic amines) is 1. The van der Waals surface area contributed by atoms with Crippen molar-refractivity contribution in [3.63, 3.8) is 0 Å². The van der Waals surface area contributed by atoms with Crippen molar-refractivity contribution in [2.75, 3.05) is 58.3 Å². The van der Waals surface area contributed by atoms with Crippen LogP contribution in [0.1, 0.15) is 44.0 Å². The van der Waals surface area contributed by atoms with E-state index in [9.17, 15) is 18.0 Å². The van der Waals surface area contributed by atoms with E-state index < -0.39 is 10.0 Å². The third-order valence-electron chi connectivity index (χ3n) is 6.81. The quantitative estimate of drug-likeness (QED) is 0.652. The molecule has 0 unspecified atom stereocenters. The standard InChI is InChI=1S/C24H30N4O5S2/c1-26-11-8-19-20(16-26)34-23(21(19)24(30)27-9-2-3-10-27)25-22(29)17-4-6-18(7-5-17)35(31,32)28-12-14-33-15-13-28/h4-7H,2-3,8-16H2,1H3,(H,25,29). The maximum absolute atomic E-state index is 13.4. The fourth-order valence-corrected chi connectivity index (χ4v) is 7.54. The molecule has 9 nitrogen and oxygen atoms in total. The van der Waals surface area contributed by atoms with Gasteiger partial charge in [-0.25, -0.2) is 8.42 Å². The third-order valence-corrected chi connectivity index (χ3v) is 9.85. The van der Waals surface area contributed by atoms with Gasteiger partial charge < -0.3 is 19.9 Å². The van der Waals surface area contributed by atoms with Gasteiger partial charge in [-0.3, -0.25) is 9.59 Å². The van der Waals surface area contributed by atoms with Crippen LogP contribution in [-0.2, 0) is 27.7 Å². The Labute approximate surface area is 209 Å². The molecule has 3 aliphatic rings. The zero-order valence-electron chi connectivity index (χ0n) is 19.8. The number of hydrogen-bond donors (Lipinski definition) is 1. The normalized spacial score (nSPS) is 19.5. The number of likely N-dealkylation sites (N-methyl/N-ethyl adjacent to an activating group) is 1. The lowest BCUT2D eigenvalue weighted by Gasteiger charge is -2.26. The Morgan fingerprint density at radius 3 is 2.37 bits per heavy atom. The Hall–Kier alpha value is -2.31. The van der Waals surface area contributed by atoms with Crippen LogP contribution in [0.3, 0.4) is 0 Å². The van der Waals surface area contributed by atoms with E-state index in [0.717, 1.165) is 55.9 Å². The van der Waals surface area contributed by atoms with Crippen LogP contribution in [0.15, 0.2) is 29.2 Å². The predicted molar refractivity (Wildman–Crippen MR) is 133 cm³/mol. The highest BCUT2D eigenvalue weighted by atomic mass is 32.2. The van der Waals surface area contributed by atoms with Crippen molar-refractivity contribution in [3.8, 4) is 0 Å². The molecule has 0 spiro atoms. The first-order valence-electron chi connectivity index (χ1n) is 12.0. The Morgan fingerprint density at radius 1 is 1.00 bits per heavy atom. The number of hydrogen-bond acceptors (Lipinski definition) is 7. The number of fused-ring (bicyclic) bond motifs is 1. The molecule has 0 aliphatic carbocycles. The van der Waals surface area contributed by atoms with Gasteiger partial charge in [0.15, 0.2) is 0 Å². The number of nitrogens with one attached hydrogen (secondary N) is 1. The van der Waals surface area contributed by atoms with Gasteiger partial charge in [-0.1, -0.05) is 0 Å². The van der Waals surface area contributed by atoms with Crippen LogP contribution in [0.4, 0.5) is 5.00 Å². The van der Waals surface area contributed by atoms with Crippen LogP contribution < -0.4 is 5.32 Å². The molecule has 5 rings (SSSR count). The summed E-state index contributed by atoms with van der Waals surface area (Å²) in [4.78, 5) is 31.9. The first-order chi connectivity index (χ1) is 16.8. The Morgan fingerprint density at radius 2 is 1.69 bits per heavy atom. The number of amides is 2. The molecule has 2 amide bonds. The first-order valence-corrected chi connectivity index (χ1v) is 14.2. The van der Waals surface area contributed by atoms with Gasteiger partial charge in [0.2, 0.25) is 10.0 Å². The van der Waals surface area contributed by atoms with Crippen LogP contribution in [-0.4, -0.2) is 87.3 Å². The van der Waals surface area contributed by atoms with Gasteiger partial charge in [0, 0.05) is 49.7 Å². The van der Waals surface area contributed by atoms with Gasteiger partial charge in [0.1, 0.15) is 5.00 Å². The number of nitrogens with zero attached hydrogens (tertiary/aromatic N) is 3. The molecule has 188 valence electrons. The predicted octanol–water partition coefficient (Wildman–Crippen LogP) is 2.25. The molecule has 2 aromatic rings. The van der Waals surface area contributed by atoms with Gasteiger partial charge in [0.25, 0.3) is 11.8 Å². The summed E-state index contributed by atoms with van der Waals surface area (Å²) in [6, 6.07) is 5.96. The number of anilines is 1. The maximum atomic E-state index is 13.4. The number of benzene rings is 1. The number of morpholine rings is 1. The molecule has 3 aliphatic heterocycles. The average molecular weight is 519 g/mol. The van der Waals surface area contributed by atoms with Crippen molar-refractivity contribution >= 4 is 38.2 Å². The zero-order chi connectivity index (χ0) is 24.6. The van der Waals surface area contributed by atoms with Crippen molar-refractivity contribution in [3.05, 3.63) is 45.8 Å². The number of rotatable bonds is 5. The third kappa shape index (κ3) is 4.88. The van der Waals surface area contributed by atoms with E-state index in [2.05, 4.69) is 17.3 Å². The van der Waals surface area contributed by atoms with E-state index in [1.807, 2.05) is 4.90 Å². The molecule has 2 fully saturated rings. The van der Waals surface area contributed by atoms with Crippen LogP contribution >= 0.6 is 11.3 Å². The Bertz CT molecular complexity index is 1210. The van der Waals surface area contributed by atoms with Crippen LogP contribution in [0.25, 0.3) is 0 Å². The monoisotopic (exact) mass is 518 g/mol. The highest BCUT2D eigenvalue weighted by Gasteiger charge is 2.32. The minimum atomic E-state index is -3.63. The summed E-state index contributed by atoms with van der Waals surface area (Å²) in [5.74, 6) is -0.366. The molecule has 0 saturated carbocycles. The van der Waals surface area contributed by atoms with Crippen LogP contribution in [0.2, 0.25) is 0 Å². The second kappa shape index (κ2) is 9.98. The second-order valence-electron chi connectivity index (χ2n) is 9.19. The Balaban J connectivity index is 1.38. The van der Waals surface area contributed by atoms with Crippen molar-refractivity contribution in [2.24, 2.45) is 0 Å². The molecular weight excluding hydrogens is 488 g/mol. The largest absolute Gasteiger partial charge is 0.379 e. The lowest BCUT2D eigenvalue weighted by atomic mass is 10.0. The van der Waals surface area contributed by atoms with E-state index in [4.69, 9.17) is 4.74 Å². The highest BCUT2D eigenvalue weighted by Crippen LogP contribution is 2.38. The number of thiophene rings is 1. The summed E-state index contributed by atoms with van der Waals surface area (Å²) >= 11 is 1.47. The molecule has 0 bridgehead atoms. The summed E-state index contributed by atoms with van der Waals surface area (Å²) < 4.78 is 32.4. The lowest BCUT2D eigenvalue weighted by molar-refractivity contribution is 0.0730. The molecule has 4 heterocycles. The SMILES string of the molecule is CN1CCc2c(sc(NC(=O)c3ccc(S(=O)(=O)N4CCOCC4)cc3)c2C(=O)N2CCCC2)C1. The highest BCUT2D eigenvalue weighted by molar-refractivity contribution is 7.89. The number of carbonyl (C=O) groups is 2. The summed E-state index contributed by atoms with van der Waals surface area (Å²) in [7, 11) is -1.58. The molecule has 35 heavy (non-hydrogen) atoms. The summed E-state index contributed by atoms with van der Waals surface area (Å²) in [6.45, 7) is 4.50. The smallest absolute Gasteiger partial charge is 0.257 e. The molecule has 1 N–H and O–H groups in total. The molecule has 11 heteroatoms. The van der Waals surface area contributed by atoms with E-state index in [1.54, 1.807) is 0 Å². The molecule has 0 atom stereocenters. The van der Waals surface area contributed by atoms with E-state index in [0.29, 0.717) is 42.4 Å². The van der Waals surface area contributed by atoms with Crippen molar-refractivity contribution in [1.82, 2.24) is 14.1 Å². The van der Waals surface area contributed by atoms with Gasteiger partial charge in [0.05, 0.1) is 23.7 Å². The average Bonchev–Trinajstić information content (AvgIpc) is 3.52. The number of carbonyl (C=O) groups excluding carboxylic acids is 2. The Kier molecular flexibility index (Phi) is 6.95. The van der Waals surface area contributed by atoms with E-state index in [1.165, 1.54) is 39.9 Å². The molecule has 0 radical (unpaired) electrons. The van der Waals surface area contributed by atoms with Crippen molar-refractivity contribution in [1.29, 1.82) is 0 Å². The minimum absolute atomic E-state index is 0.00759. The topological polar surface area (TPSA) is 99.3 Å². The molecular formula is C24H30N4O5S2. The minimum Gasteiger partial charge on any atom is -0.379 e. The van der Waals surface area contributed by atoms with E-state index in [-0.39, 0.29) is 16.7 Å². The fraction of sp³-hybridized carbons (Fsp3) is 0.500. The molecule has 2 saturated heterocycles. The zero-order valence-corrected chi connectivity index (χ0v) is 21.4. The first kappa shape index (κ1) is 24.4. The summed E-state index contributed by atoms with van der Waals surface area (Å²) in [5, 5.41) is 3.54. The number of sulfonamides is 1. The molecule has 1 aromatic carbocycles. The van der Waals surface area contributed by atoms with E-state index >= 15 is 0 Å². The van der Waals surface area contributed by atoms with Gasteiger partial charge in [-0.15, -0.1) is 11.3 Å².